The quantitative estimate of drug-likeness (QED) is 0.402. The molecule has 0 fully saturated rings. The Morgan fingerprint density at radius 1 is 0.909 bits per heavy atom. The fraction of sp³-hybridized carbons (Fsp3) is 0.130. The van der Waals surface area contributed by atoms with E-state index in [1.807, 2.05) is 30.3 Å². The predicted octanol–water partition coefficient (Wildman–Crippen LogP) is 3.68. The fourth-order valence-electron chi connectivity index (χ4n) is 2.86. The molecule has 0 saturated carbocycles. The zero-order chi connectivity index (χ0) is 23.8. The molecule has 2 amide bonds. The molecule has 0 heterocycles. The highest BCUT2D eigenvalue weighted by molar-refractivity contribution is 7.89. The third-order valence-corrected chi connectivity index (χ3v) is 6.26. The summed E-state index contributed by atoms with van der Waals surface area (Å²) in [5.41, 5.74) is 5.61. The third kappa shape index (κ3) is 7.31. The van der Waals surface area contributed by atoms with Crippen molar-refractivity contribution in [2.24, 2.45) is 5.73 Å². The van der Waals surface area contributed by atoms with Gasteiger partial charge < -0.3 is 15.8 Å². The lowest BCUT2D eigenvalue weighted by Crippen LogP contribution is -2.44. The van der Waals surface area contributed by atoms with Crippen molar-refractivity contribution < 1.29 is 22.7 Å². The second kappa shape index (κ2) is 11.0. The molecular weight excluding hydrogens is 466 g/mol. The van der Waals surface area contributed by atoms with E-state index in [-0.39, 0.29) is 17.7 Å². The van der Waals surface area contributed by atoms with Crippen molar-refractivity contribution in [1.82, 2.24) is 4.72 Å². The molecule has 0 bridgehead atoms. The Kier molecular flexibility index (Phi) is 8.05. The molecule has 0 radical (unpaired) electrons. The molecule has 3 aromatic rings. The normalized spacial score (nSPS) is 12.0. The van der Waals surface area contributed by atoms with Crippen molar-refractivity contribution in [2.45, 2.75) is 23.8 Å². The Hall–Kier alpha value is -3.40. The molecule has 0 aliphatic heterocycles. The molecule has 3 aromatic carbocycles. The van der Waals surface area contributed by atoms with E-state index in [0.717, 1.165) is 0 Å². The zero-order valence-electron chi connectivity index (χ0n) is 17.4. The summed E-state index contributed by atoms with van der Waals surface area (Å²) in [4.78, 5) is 24.0. The van der Waals surface area contributed by atoms with Crippen molar-refractivity contribution in [3.05, 3.63) is 83.9 Å². The van der Waals surface area contributed by atoms with Gasteiger partial charge in [-0.1, -0.05) is 29.8 Å². The Bertz CT molecular complexity index is 1200. The van der Waals surface area contributed by atoms with Crippen LogP contribution in [0.15, 0.2) is 83.8 Å². The van der Waals surface area contributed by atoms with E-state index in [1.54, 1.807) is 24.3 Å². The number of carbonyl (C=O) groups excluding carboxylic acids is 2. The summed E-state index contributed by atoms with van der Waals surface area (Å²) in [6.07, 6.45) is -0.283. The molecule has 33 heavy (non-hydrogen) atoms. The average molecular weight is 488 g/mol. The van der Waals surface area contributed by atoms with Gasteiger partial charge in [-0.3, -0.25) is 9.59 Å². The number of para-hydroxylation sites is 1. The second-order valence-electron chi connectivity index (χ2n) is 7.06. The van der Waals surface area contributed by atoms with Crippen molar-refractivity contribution in [3.63, 3.8) is 0 Å². The molecule has 1 unspecified atom stereocenters. The van der Waals surface area contributed by atoms with Crippen molar-refractivity contribution in [2.75, 3.05) is 5.32 Å². The minimum Gasteiger partial charge on any atom is -0.457 e. The smallest absolute Gasteiger partial charge is 0.242 e. The van der Waals surface area contributed by atoms with Crippen molar-refractivity contribution in [1.29, 1.82) is 0 Å². The molecule has 3 rings (SSSR count). The van der Waals surface area contributed by atoms with Crippen molar-refractivity contribution in [3.8, 4) is 11.5 Å². The fourth-order valence-corrected chi connectivity index (χ4v) is 4.22. The van der Waals surface area contributed by atoms with E-state index < -0.39 is 27.9 Å². The first-order valence-corrected chi connectivity index (χ1v) is 11.8. The standard InChI is InChI=1S/C23H22ClN3O5S/c24-16-6-12-20(13-7-16)33(30,31)27-21(14-15-22(25)28)23(29)26-17-8-10-19(11-9-17)32-18-4-2-1-3-5-18/h1-13,21,27H,14-15H2,(H2,25,28)(H,26,29). The van der Waals surface area contributed by atoms with Crippen LogP contribution in [0.2, 0.25) is 5.02 Å². The maximum atomic E-state index is 12.8. The lowest BCUT2D eigenvalue weighted by atomic mass is 10.1. The van der Waals surface area contributed by atoms with Crippen LogP contribution in [0.25, 0.3) is 0 Å². The van der Waals surface area contributed by atoms with Gasteiger partial charge in [0, 0.05) is 17.1 Å². The van der Waals surface area contributed by atoms with Crippen LogP contribution in [-0.4, -0.2) is 26.3 Å². The summed E-state index contributed by atoms with van der Waals surface area (Å²) in [7, 11) is -4.04. The Labute approximate surface area is 196 Å². The van der Waals surface area contributed by atoms with Gasteiger partial charge in [0.1, 0.15) is 17.5 Å². The molecule has 0 spiro atoms. The van der Waals surface area contributed by atoms with Gasteiger partial charge in [0.05, 0.1) is 4.90 Å². The number of hydrogen-bond donors (Lipinski definition) is 3. The number of benzene rings is 3. The maximum Gasteiger partial charge on any atom is 0.242 e. The largest absolute Gasteiger partial charge is 0.457 e. The van der Waals surface area contributed by atoms with Crippen molar-refractivity contribution >= 4 is 39.1 Å². The van der Waals surface area contributed by atoms with Gasteiger partial charge in [0.2, 0.25) is 21.8 Å². The van der Waals surface area contributed by atoms with E-state index >= 15 is 0 Å². The number of halogens is 1. The first kappa shape index (κ1) is 24.2. The molecule has 8 nitrogen and oxygen atoms in total. The van der Waals surface area contributed by atoms with E-state index in [4.69, 9.17) is 22.1 Å². The minimum absolute atomic E-state index is 0.0637. The van der Waals surface area contributed by atoms with Gasteiger partial charge in [-0.05, 0) is 67.1 Å². The number of nitrogens with one attached hydrogen (secondary N) is 2. The van der Waals surface area contributed by atoms with Gasteiger partial charge >= 0.3 is 0 Å². The van der Waals surface area contributed by atoms with Crippen LogP contribution >= 0.6 is 11.6 Å². The van der Waals surface area contributed by atoms with Crippen LogP contribution in [0.3, 0.4) is 0 Å². The monoisotopic (exact) mass is 487 g/mol. The highest BCUT2D eigenvalue weighted by atomic mass is 35.5. The van der Waals surface area contributed by atoms with Crippen LogP contribution in [0.4, 0.5) is 5.69 Å². The Morgan fingerprint density at radius 2 is 1.52 bits per heavy atom. The summed E-state index contributed by atoms with van der Waals surface area (Å²) in [5.74, 6) is -0.0586. The maximum absolute atomic E-state index is 12.8. The van der Waals surface area contributed by atoms with Crippen LogP contribution in [-0.2, 0) is 19.6 Å². The molecule has 0 aliphatic rings. The number of ether oxygens (including phenoxy) is 1. The van der Waals surface area contributed by atoms with Gasteiger partial charge in [-0.25, -0.2) is 8.42 Å². The zero-order valence-corrected chi connectivity index (χ0v) is 19.0. The average Bonchev–Trinajstić information content (AvgIpc) is 2.79. The topological polar surface area (TPSA) is 128 Å². The molecule has 0 saturated heterocycles. The first-order chi connectivity index (χ1) is 15.7. The molecule has 172 valence electrons. The molecule has 0 aromatic heterocycles. The van der Waals surface area contributed by atoms with E-state index in [0.29, 0.717) is 22.2 Å². The van der Waals surface area contributed by atoms with Crippen LogP contribution in [0, 0.1) is 0 Å². The van der Waals surface area contributed by atoms with Crippen LogP contribution in [0.5, 0.6) is 11.5 Å². The SMILES string of the molecule is NC(=O)CCC(NS(=O)(=O)c1ccc(Cl)cc1)C(=O)Nc1ccc(Oc2ccccc2)cc1. The number of carbonyl (C=O) groups is 2. The first-order valence-electron chi connectivity index (χ1n) is 9.93. The van der Waals surface area contributed by atoms with E-state index in [1.165, 1.54) is 24.3 Å². The highest BCUT2D eigenvalue weighted by Gasteiger charge is 2.26. The minimum atomic E-state index is -4.04. The number of anilines is 1. The molecule has 1 atom stereocenters. The number of hydrogen-bond acceptors (Lipinski definition) is 5. The van der Waals surface area contributed by atoms with Gasteiger partial charge in [0.15, 0.2) is 0 Å². The van der Waals surface area contributed by atoms with E-state index in [9.17, 15) is 18.0 Å². The number of nitrogens with two attached hydrogens (primary N) is 1. The Balaban J connectivity index is 1.70. The van der Waals surface area contributed by atoms with Gasteiger partial charge in [-0.2, -0.15) is 4.72 Å². The second-order valence-corrected chi connectivity index (χ2v) is 9.21. The summed E-state index contributed by atoms with van der Waals surface area (Å²) < 4.78 is 33.5. The molecular formula is C23H22ClN3O5S. The lowest BCUT2D eigenvalue weighted by molar-refractivity contribution is -0.119. The molecule has 4 N–H and O–H groups in total. The summed E-state index contributed by atoms with van der Waals surface area (Å²) >= 11 is 5.81. The van der Waals surface area contributed by atoms with E-state index in [2.05, 4.69) is 10.0 Å². The number of sulfonamides is 1. The van der Waals surface area contributed by atoms with Crippen LogP contribution in [0.1, 0.15) is 12.8 Å². The summed E-state index contributed by atoms with van der Waals surface area (Å²) in [6, 6.07) is 20.0. The number of primary amides is 1. The predicted molar refractivity (Wildman–Crippen MR) is 126 cm³/mol. The van der Waals surface area contributed by atoms with Crippen LogP contribution < -0.4 is 20.5 Å². The molecule has 0 aliphatic carbocycles. The number of rotatable bonds is 10. The molecule has 10 heteroatoms. The van der Waals surface area contributed by atoms with Gasteiger partial charge in [0.25, 0.3) is 0 Å². The van der Waals surface area contributed by atoms with Gasteiger partial charge in [-0.15, -0.1) is 0 Å². The Morgan fingerprint density at radius 3 is 2.12 bits per heavy atom. The summed E-state index contributed by atoms with van der Waals surface area (Å²) in [6.45, 7) is 0. The number of amides is 2. The third-order valence-electron chi connectivity index (χ3n) is 4.52. The lowest BCUT2D eigenvalue weighted by Gasteiger charge is -2.18. The summed E-state index contributed by atoms with van der Waals surface area (Å²) in [5, 5.41) is 3.02. The highest BCUT2D eigenvalue weighted by Crippen LogP contribution is 2.23.